The first kappa shape index (κ1) is 75.6. The number of rotatable bonds is 9. The lowest BCUT2D eigenvalue weighted by molar-refractivity contribution is 1.34. The molecule has 27 aromatic rings. The minimum Gasteiger partial charge on any atom is -0.256 e. The standard InChI is InChI=1S/3C41H25NS/c1-2-12-27(13-3-1)38-31-15-6-8-17-33(31)39(34-18-9-7-16-32(34)38)35-23-21-28(25-42-35)30-19-10-20-36-41(30)40-29-14-5-4-11-26(29)22-24-37(40)43-36;1-2-11-27(12-3-1)39-31-14-6-8-16-33(31)40(34-17-9-7-15-32(34)39)36-21-18-29(25-42-36)28-20-22-37-35(24-28)41-30-13-5-4-10-26(30)19-23-38(41)43-37;1-2-11-27(12-3-1)39-31-14-6-8-16-33(31)40(34-17-9-7-15-32(34)39)36-22-19-29(25-42-36)28-18-21-35-38(24-28)43-37-23-20-26-10-4-5-13-30(26)41(35)37/h3*1-25H. The van der Waals surface area contributed by atoms with Crippen molar-refractivity contribution in [2.24, 2.45) is 0 Å². The smallest absolute Gasteiger partial charge is 0.0714 e. The van der Waals surface area contributed by atoms with E-state index in [0.29, 0.717) is 0 Å². The molecule has 0 bridgehead atoms. The fourth-order valence-corrected chi connectivity index (χ4v) is 23.8. The molecule has 6 heteroatoms. The molecule has 3 nitrogen and oxygen atoms in total. The van der Waals surface area contributed by atoms with Crippen LogP contribution in [0.15, 0.2) is 455 Å². The van der Waals surface area contributed by atoms with Crippen molar-refractivity contribution in [1.82, 2.24) is 15.0 Å². The molecule has 0 N–H and O–H groups in total. The molecule has 0 fully saturated rings. The molecule has 27 rings (SSSR count). The van der Waals surface area contributed by atoms with Crippen LogP contribution in [0.5, 0.6) is 0 Å². The van der Waals surface area contributed by atoms with Gasteiger partial charge in [-0.2, -0.15) is 0 Å². The monoisotopic (exact) mass is 1690 g/mol. The topological polar surface area (TPSA) is 38.7 Å². The van der Waals surface area contributed by atoms with Gasteiger partial charge in [0, 0.05) is 112 Å². The fourth-order valence-electron chi connectivity index (χ4n) is 20.4. The van der Waals surface area contributed by atoms with E-state index in [-0.39, 0.29) is 0 Å². The summed E-state index contributed by atoms with van der Waals surface area (Å²) >= 11 is 5.60. The van der Waals surface area contributed by atoms with E-state index in [1.807, 2.05) is 46.4 Å². The Morgan fingerprint density at radius 1 is 0.140 bits per heavy atom. The Kier molecular flexibility index (Phi) is 18.5. The lowest BCUT2D eigenvalue weighted by atomic mass is 9.87. The maximum atomic E-state index is 5.16. The number of hydrogen-bond acceptors (Lipinski definition) is 6. The molecule has 21 aromatic carbocycles. The minimum absolute atomic E-state index is 0.989. The van der Waals surface area contributed by atoms with E-state index in [9.17, 15) is 0 Å². The number of fused-ring (bicyclic) bond motifs is 21. The average Bonchev–Trinajstić information content (AvgIpc) is 1.74. The van der Waals surface area contributed by atoms with Gasteiger partial charge < -0.3 is 0 Å². The summed E-state index contributed by atoms with van der Waals surface area (Å²) < 4.78 is 7.91. The highest BCUT2D eigenvalue weighted by Crippen LogP contribution is 2.51. The minimum atomic E-state index is 0.989. The Hall–Kier alpha value is -15.9. The molecule has 129 heavy (non-hydrogen) atoms. The van der Waals surface area contributed by atoms with Crippen molar-refractivity contribution < 1.29 is 0 Å². The van der Waals surface area contributed by atoms with Crippen LogP contribution in [0.1, 0.15) is 0 Å². The number of nitrogens with zero attached hydrogens (tertiary/aromatic N) is 3. The van der Waals surface area contributed by atoms with Crippen LogP contribution < -0.4 is 0 Å². The third-order valence-electron chi connectivity index (χ3n) is 26.1. The number of aromatic nitrogens is 3. The Morgan fingerprint density at radius 3 is 0.814 bits per heavy atom. The normalized spacial score (nSPS) is 11.7. The summed E-state index contributed by atoms with van der Waals surface area (Å²) in [6.45, 7) is 0. The highest BCUT2D eigenvalue weighted by Gasteiger charge is 2.24. The van der Waals surface area contributed by atoms with Gasteiger partial charge in [-0.1, -0.05) is 376 Å². The predicted molar refractivity (Wildman–Crippen MR) is 558 cm³/mol. The second-order valence-corrected chi connectivity index (χ2v) is 36.6. The zero-order chi connectivity index (χ0) is 85.0. The molecule has 0 aliphatic rings. The van der Waals surface area contributed by atoms with E-state index >= 15 is 0 Å². The molecule has 6 aromatic heterocycles. The van der Waals surface area contributed by atoms with Crippen LogP contribution in [0.4, 0.5) is 0 Å². The van der Waals surface area contributed by atoms with Gasteiger partial charge in [0.2, 0.25) is 0 Å². The van der Waals surface area contributed by atoms with Crippen molar-refractivity contribution in [2.75, 3.05) is 0 Å². The van der Waals surface area contributed by atoms with E-state index in [0.717, 1.165) is 33.8 Å². The Labute approximate surface area is 756 Å². The molecule has 0 atom stereocenters. The molecule has 0 aliphatic heterocycles. The number of hydrogen-bond donors (Lipinski definition) is 0. The molecule has 6 heterocycles. The van der Waals surface area contributed by atoms with Crippen molar-refractivity contribution in [1.29, 1.82) is 0 Å². The molecule has 0 aliphatic carbocycles. The number of thiophene rings is 3. The van der Waals surface area contributed by atoms with E-state index in [4.69, 9.17) is 15.0 Å². The maximum Gasteiger partial charge on any atom is 0.0714 e. The molecule has 0 spiro atoms. The summed E-state index contributed by atoms with van der Waals surface area (Å²) in [5.41, 5.74) is 21.0. The van der Waals surface area contributed by atoms with Crippen LogP contribution in [0.25, 0.3) is 258 Å². The molecular formula is C123H75N3S3. The van der Waals surface area contributed by atoms with Gasteiger partial charge in [0.25, 0.3) is 0 Å². The van der Waals surface area contributed by atoms with Crippen LogP contribution in [0.3, 0.4) is 0 Å². The van der Waals surface area contributed by atoms with Crippen molar-refractivity contribution >= 4 is 191 Å². The number of benzene rings is 21. The molecular weight excluding hydrogens is 1620 g/mol. The molecule has 0 saturated heterocycles. The summed E-state index contributed by atoms with van der Waals surface area (Å²) in [5, 5.41) is 30.6. The largest absolute Gasteiger partial charge is 0.256 e. The first-order chi connectivity index (χ1) is 64.0. The van der Waals surface area contributed by atoms with Crippen LogP contribution in [0.2, 0.25) is 0 Å². The lowest BCUT2D eigenvalue weighted by Crippen LogP contribution is -1.92. The molecule has 0 unspecified atom stereocenters. The zero-order valence-corrected chi connectivity index (χ0v) is 72.3. The molecule has 600 valence electrons. The SMILES string of the molecule is c1ccc(-c2c3ccccc3c(-c3ccc(-c4ccc5c(c4)sc4ccc6ccccc6c45)cn3)c3ccccc23)cc1.c1ccc(-c2c3ccccc3c(-c3ccc(-c4ccc5sc6ccc7ccccc7c6c5c4)cn3)c3ccccc23)cc1.c1ccc(-c2c3ccccc3c(-c3ccc(-c4cccc5sc6ccc7ccccc7c6c45)cn3)c3ccccc23)cc1. The molecule has 0 saturated carbocycles. The van der Waals surface area contributed by atoms with Gasteiger partial charge in [0.05, 0.1) is 17.1 Å². The van der Waals surface area contributed by atoms with Gasteiger partial charge in [-0.05, 0) is 208 Å². The van der Waals surface area contributed by atoms with Crippen molar-refractivity contribution in [3.8, 4) is 101 Å². The first-order valence-corrected chi connectivity index (χ1v) is 46.3. The van der Waals surface area contributed by atoms with Crippen molar-refractivity contribution in [3.63, 3.8) is 0 Å². The number of pyridine rings is 3. The van der Waals surface area contributed by atoms with Crippen molar-refractivity contribution in [3.05, 3.63) is 455 Å². The average molecular weight is 1690 g/mol. The summed E-state index contributed by atoms with van der Waals surface area (Å²) in [5.74, 6) is 0. The third-order valence-corrected chi connectivity index (χ3v) is 29.5. The first-order valence-electron chi connectivity index (χ1n) is 43.9. The van der Waals surface area contributed by atoms with Gasteiger partial charge in [-0.3, -0.25) is 15.0 Å². The van der Waals surface area contributed by atoms with Gasteiger partial charge >= 0.3 is 0 Å². The Bertz CT molecular complexity index is 8980. The van der Waals surface area contributed by atoms with Crippen LogP contribution in [0, 0.1) is 0 Å². The van der Waals surface area contributed by atoms with Gasteiger partial charge in [0.15, 0.2) is 0 Å². The summed E-state index contributed by atoms with van der Waals surface area (Å²) in [6, 6.07) is 158. The van der Waals surface area contributed by atoms with Crippen LogP contribution in [-0.4, -0.2) is 15.0 Å². The summed E-state index contributed by atoms with van der Waals surface area (Å²) in [4.78, 5) is 15.4. The molecule has 0 amide bonds. The van der Waals surface area contributed by atoms with Crippen molar-refractivity contribution in [2.45, 2.75) is 0 Å². The quantitative estimate of drug-likeness (QED) is 0.135. The summed E-state index contributed by atoms with van der Waals surface area (Å²) in [6.07, 6.45) is 6.14. The molecule has 0 radical (unpaired) electrons. The zero-order valence-electron chi connectivity index (χ0n) is 69.9. The lowest BCUT2D eigenvalue weighted by Gasteiger charge is -2.17. The van der Waals surface area contributed by atoms with Gasteiger partial charge in [-0.15, -0.1) is 34.0 Å². The van der Waals surface area contributed by atoms with Gasteiger partial charge in [-0.25, -0.2) is 0 Å². The van der Waals surface area contributed by atoms with E-state index in [2.05, 4.69) is 443 Å². The highest BCUT2D eigenvalue weighted by atomic mass is 32.1. The Morgan fingerprint density at radius 2 is 0.426 bits per heavy atom. The third kappa shape index (κ3) is 12.9. The van der Waals surface area contributed by atoms with E-state index < -0.39 is 0 Å². The summed E-state index contributed by atoms with van der Waals surface area (Å²) in [7, 11) is 0. The Balaban J connectivity index is 0.000000105. The van der Waals surface area contributed by atoms with Crippen LogP contribution >= 0.6 is 34.0 Å². The van der Waals surface area contributed by atoms with Gasteiger partial charge in [0.1, 0.15) is 0 Å². The second-order valence-electron chi connectivity index (χ2n) is 33.3. The van der Waals surface area contributed by atoms with E-state index in [1.54, 1.807) is 0 Å². The van der Waals surface area contributed by atoms with E-state index in [1.165, 1.54) is 224 Å². The predicted octanol–water partition coefficient (Wildman–Crippen LogP) is 35.7. The second kappa shape index (κ2) is 31.6. The highest BCUT2D eigenvalue weighted by molar-refractivity contribution is 7.27. The maximum absolute atomic E-state index is 5.16. The fraction of sp³-hybridized carbons (Fsp3) is 0. The van der Waals surface area contributed by atoms with Crippen LogP contribution in [-0.2, 0) is 0 Å².